The summed E-state index contributed by atoms with van der Waals surface area (Å²) < 4.78 is 24.1. The number of sulfone groups is 1. The molecule has 0 aromatic carbocycles. The van der Waals surface area contributed by atoms with E-state index in [1.54, 1.807) is 6.92 Å². The molecule has 0 saturated heterocycles. The molecule has 0 spiro atoms. The number of nitrogen functional groups attached to an aromatic ring is 1. The van der Waals surface area contributed by atoms with Crippen LogP contribution in [0.25, 0.3) is 0 Å². The lowest BCUT2D eigenvalue weighted by Crippen LogP contribution is -2.41. The Morgan fingerprint density at radius 1 is 1.35 bits per heavy atom. The highest BCUT2D eigenvalue weighted by molar-refractivity contribution is 7.90. The molecule has 0 saturated carbocycles. The third-order valence-corrected chi connectivity index (χ3v) is 3.21. The molecule has 8 heteroatoms. The van der Waals surface area contributed by atoms with Crippen molar-refractivity contribution in [1.82, 2.24) is 9.13 Å². The second kappa shape index (κ2) is 4.74. The fourth-order valence-electron chi connectivity index (χ4n) is 1.36. The minimum absolute atomic E-state index is 0.0695. The summed E-state index contributed by atoms with van der Waals surface area (Å²) in [5.74, 6) is -0.269. The molecule has 17 heavy (non-hydrogen) atoms. The van der Waals surface area contributed by atoms with E-state index >= 15 is 0 Å². The van der Waals surface area contributed by atoms with Crippen molar-refractivity contribution in [3.8, 4) is 0 Å². The second-order valence-corrected chi connectivity index (χ2v) is 6.00. The Bertz CT molecular complexity index is 627. The van der Waals surface area contributed by atoms with Crippen LogP contribution in [0.4, 0.5) is 5.69 Å². The zero-order valence-corrected chi connectivity index (χ0v) is 10.5. The summed E-state index contributed by atoms with van der Waals surface area (Å²) in [4.78, 5) is 23.4. The third kappa shape index (κ3) is 3.19. The van der Waals surface area contributed by atoms with Crippen molar-refractivity contribution in [2.24, 2.45) is 0 Å². The van der Waals surface area contributed by atoms with Gasteiger partial charge < -0.3 is 5.73 Å². The van der Waals surface area contributed by atoms with Gasteiger partial charge in [-0.25, -0.2) is 13.2 Å². The lowest BCUT2D eigenvalue weighted by Gasteiger charge is -2.09. The Morgan fingerprint density at radius 2 is 1.94 bits per heavy atom. The number of hydrogen-bond donors (Lipinski definition) is 1. The summed E-state index contributed by atoms with van der Waals surface area (Å²) in [6.45, 7) is 1.91. The predicted octanol–water partition coefficient (Wildman–Crippen LogP) is -1.34. The summed E-state index contributed by atoms with van der Waals surface area (Å²) in [7, 11) is -3.24. The minimum Gasteiger partial charge on any atom is -0.393 e. The lowest BCUT2D eigenvalue weighted by atomic mass is 10.5. The number of nitrogens with zero attached hydrogens (tertiary/aromatic N) is 2. The first kappa shape index (κ1) is 13.5. The van der Waals surface area contributed by atoms with E-state index in [4.69, 9.17) is 5.73 Å². The fraction of sp³-hybridized carbons (Fsp3) is 0.556. The molecule has 0 bridgehead atoms. The molecule has 2 N–H and O–H groups in total. The van der Waals surface area contributed by atoms with Gasteiger partial charge in [0.2, 0.25) is 0 Å². The van der Waals surface area contributed by atoms with Crippen molar-refractivity contribution in [1.29, 1.82) is 0 Å². The number of anilines is 1. The number of aryl methyl sites for hydroxylation is 1. The normalized spacial score (nSPS) is 11.6. The summed E-state index contributed by atoms with van der Waals surface area (Å²) in [5.41, 5.74) is 4.20. The van der Waals surface area contributed by atoms with Crippen LogP contribution in [0.3, 0.4) is 0 Å². The Morgan fingerprint density at radius 3 is 2.41 bits per heavy atom. The molecule has 0 aliphatic rings. The average Bonchev–Trinajstić information content (AvgIpc) is 2.22. The topological polar surface area (TPSA) is 104 Å². The van der Waals surface area contributed by atoms with Gasteiger partial charge in [-0.1, -0.05) is 0 Å². The van der Waals surface area contributed by atoms with E-state index in [1.165, 1.54) is 10.8 Å². The van der Waals surface area contributed by atoms with E-state index in [-0.39, 0.29) is 18.0 Å². The molecule has 0 amide bonds. The molecule has 0 aliphatic carbocycles. The summed E-state index contributed by atoms with van der Waals surface area (Å²) in [5, 5.41) is 0. The van der Waals surface area contributed by atoms with Crippen molar-refractivity contribution in [2.45, 2.75) is 20.0 Å². The van der Waals surface area contributed by atoms with Gasteiger partial charge in [-0.05, 0) is 6.92 Å². The van der Waals surface area contributed by atoms with Crippen molar-refractivity contribution in [2.75, 3.05) is 17.7 Å². The first-order chi connectivity index (χ1) is 7.76. The molecule has 0 aliphatic heterocycles. The first-order valence-corrected chi connectivity index (χ1v) is 7.09. The van der Waals surface area contributed by atoms with Gasteiger partial charge in [0.05, 0.1) is 5.75 Å². The van der Waals surface area contributed by atoms with Crippen molar-refractivity contribution >= 4 is 15.5 Å². The quantitative estimate of drug-likeness (QED) is 0.722. The molecule has 1 heterocycles. The number of aromatic nitrogens is 2. The highest BCUT2D eigenvalue weighted by atomic mass is 32.2. The summed E-state index contributed by atoms with van der Waals surface area (Å²) in [6, 6.07) is 0. The standard InChI is InChI=1S/C9H15N3O4S/c1-3-11-6-7(10)8(13)12(9(11)14)4-5-17(2,15)16/h6H,3-5,10H2,1-2H3. The molecule has 0 radical (unpaired) electrons. The highest BCUT2D eigenvalue weighted by Gasteiger charge is 2.10. The van der Waals surface area contributed by atoms with Crippen molar-refractivity contribution in [3.63, 3.8) is 0 Å². The van der Waals surface area contributed by atoms with Crippen molar-refractivity contribution in [3.05, 3.63) is 27.0 Å². The van der Waals surface area contributed by atoms with E-state index in [0.29, 0.717) is 6.54 Å². The molecule has 1 rings (SSSR count). The number of hydrogen-bond acceptors (Lipinski definition) is 5. The largest absolute Gasteiger partial charge is 0.393 e. The molecule has 96 valence electrons. The molecular formula is C9H15N3O4S. The van der Waals surface area contributed by atoms with Crippen LogP contribution in [-0.4, -0.2) is 29.6 Å². The Hall–Kier alpha value is -1.57. The van der Waals surface area contributed by atoms with E-state index in [2.05, 4.69) is 0 Å². The molecule has 7 nitrogen and oxygen atoms in total. The zero-order valence-electron chi connectivity index (χ0n) is 9.71. The Labute approximate surface area is 98.4 Å². The smallest absolute Gasteiger partial charge is 0.331 e. The minimum atomic E-state index is -3.24. The third-order valence-electron chi connectivity index (χ3n) is 2.29. The molecule has 1 aromatic rings. The van der Waals surface area contributed by atoms with Crippen molar-refractivity contribution < 1.29 is 8.42 Å². The van der Waals surface area contributed by atoms with Crippen LogP contribution >= 0.6 is 0 Å². The van der Waals surface area contributed by atoms with E-state index in [0.717, 1.165) is 10.8 Å². The van der Waals surface area contributed by atoms with E-state index in [1.807, 2.05) is 0 Å². The van der Waals surface area contributed by atoms with E-state index in [9.17, 15) is 18.0 Å². The van der Waals surface area contributed by atoms with Gasteiger partial charge in [-0.2, -0.15) is 0 Å². The Kier molecular flexibility index (Phi) is 3.76. The SMILES string of the molecule is CCn1cc(N)c(=O)n(CCS(C)(=O)=O)c1=O. The van der Waals surface area contributed by atoms with Gasteiger partial charge in [0.15, 0.2) is 0 Å². The lowest BCUT2D eigenvalue weighted by molar-refractivity contribution is 0.570. The maximum absolute atomic E-state index is 11.8. The Balaban J connectivity index is 3.28. The zero-order chi connectivity index (χ0) is 13.2. The molecule has 1 aromatic heterocycles. The van der Waals surface area contributed by atoms with Gasteiger partial charge in [0, 0.05) is 25.5 Å². The van der Waals surface area contributed by atoms with Crippen LogP contribution in [0.15, 0.2) is 15.8 Å². The maximum atomic E-state index is 11.8. The maximum Gasteiger partial charge on any atom is 0.331 e. The van der Waals surface area contributed by atoms with Crippen LogP contribution in [0.5, 0.6) is 0 Å². The van der Waals surface area contributed by atoms with Crippen LogP contribution in [0.1, 0.15) is 6.92 Å². The first-order valence-electron chi connectivity index (χ1n) is 5.03. The summed E-state index contributed by atoms with van der Waals surface area (Å²) in [6.07, 6.45) is 2.31. The van der Waals surface area contributed by atoms with Gasteiger partial charge >= 0.3 is 5.69 Å². The van der Waals surface area contributed by atoms with Gasteiger partial charge in [0.25, 0.3) is 5.56 Å². The monoisotopic (exact) mass is 261 g/mol. The molecule has 0 fully saturated rings. The summed E-state index contributed by atoms with van der Waals surface area (Å²) >= 11 is 0. The van der Waals surface area contributed by atoms with Gasteiger partial charge in [-0.15, -0.1) is 0 Å². The number of nitrogens with two attached hydrogens (primary N) is 1. The second-order valence-electron chi connectivity index (χ2n) is 3.74. The highest BCUT2D eigenvalue weighted by Crippen LogP contribution is 1.91. The van der Waals surface area contributed by atoms with Crippen LogP contribution < -0.4 is 17.0 Å². The predicted molar refractivity (Wildman–Crippen MR) is 64.8 cm³/mol. The average molecular weight is 261 g/mol. The van der Waals surface area contributed by atoms with Gasteiger partial charge in [-0.3, -0.25) is 13.9 Å². The molecule has 0 unspecified atom stereocenters. The van der Waals surface area contributed by atoms with Gasteiger partial charge in [0.1, 0.15) is 15.5 Å². The van der Waals surface area contributed by atoms with E-state index < -0.39 is 21.1 Å². The van der Waals surface area contributed by atoms with Crippen LogP contribution in [-0.2, 0) is 22.9 Å². The van der Waals surface area contributed by atoms with Crippen LogP contribution in [0.2, 0.25) is 0 Å². The molecule has 0 atom stereocenters. The fourth-order valence-corrected chi connectivity index (χ4v) is 1.87. The van der Waals surface area contributed by atoms with Crippen LogP contribution in [0, 0.1) is 0 Å². The molecular weight excluding hydrogens is 246 g/mol. The number of rotatable bonds is 4.